The zero-order valence-electron chi connectivity index (χ0n) is 29.0. The van der Waals surface area contributed by atoms with E-state index < -0.39 is 0 Å². The molecule has 0 radical (unpaired) electrons. The minimum absolute atomic E-state index is 0.911. The molecule has 10 aromatic rings. The third kappa shape index (κ3) is 5.77. The van der Waals surface area contributed by atoms with Crippen LogP contribution in [-0.4, -0.2) is 6.26 Å². The van der Waals surface area contributed by atoms with Gasteiger partial charge in [-0.1, -0.05) is 97.1 Å². The molecule has 0 fully saturated rings. The van der Waals surface area contributed by atoms with Gasteiger partial charge < -0.3 is 9.32 Å². The molecule has 4 heteroatoms. The smallest absolute Gasteiger partial charge is 0.135 e. The van der Waals surface area contributed by atoms with Crippen molar-refractivity contribution < 1.29 is 4.42 Å². The van der Waals surface area contributed by atoms with Gasteiger partial charge >= 0.3 is 0 Å². The second-order valence-electron chi connectivity index (χ2n) is 13.3. The molecule has 8 aromatic carbocycles. The Bertz CT molecular complexity index is 2750. The lowest BCUT2D eigenvalue weighted by molar-refractivity contribution is 0.669. The van der Waals surface area contributed by atoms with Crippen molar-refractivity contribution in [2.45, 2.75) is 4.90 Å². The van der Waals surface area contributed by atoms with Gasteiger partial charge in [0.05, 0.1) is 0 Å². The Labute approximate surface area is 316 Å². The minimum Gasteiger partial charge on any atom is -0.456 e. The lowest BCUT2D eigenvalue weighted by Gasteiger charge is -2.26. The predicted molar refractivity (Wildman–Crippen MR) is 229 cm³/mol. The fourth-order valence-corrected chi connectivity index (χ4v) is 8.95. The molecule has 0 aliphatic heterocycles. The van der Waals surface area contributed by atoms with E-state index in [0.717, 1.165) is 44.6 Å². The van der Waals surface area contributed by atoms with Gasteiger partial charge in [0.2, 0.25) is 0 Å². The standard InChI is InChI=1S/C49H33NOS2/c1-52-41-26-16-33(17-27-41)32-10-20-38(21-11-32)50(39-22-12-34(13-23-39)36-18-28-47-44(30-36)42-6-2-4-8-46(42)51-47)40-24-14-35(15-25-40)37-19-29-49-45(31-37)43-7-3-5-9-48(43)53-49/h2-31H,1H3. The molecule has 2 aromatic heterocycles. The summed E-state index contributed by atoms with van der Waals surface area (Å²) >= 11 is 3.62. The number of hydrogen-bond acceptors (Lipinski definition) is 4. The highest BCUT2D eigenvalue weighted by molar-refractivity contribution is 7.98. The normalized spacial score (nSPS) is 11.6. The average molecular weight is 716 g/mol. The number of benzene rings is 8. The SMILES string of the molecule is CSc1ccc(-c2ccc(N(c3ccc(-c4ccc5oc6ccccc6c5c4)cc3)c3ccc(-c4ccc5sc6ccccc6c5c4)cc3)cc2)cc1. The third-order valence-corrected chi connectivity index (χ3v) is 12.1. The van der Waals surface area contributed by atoms with E-state index in [1.54, 1.807) is 11.8 Å². The zero-order valence-corrected chi connectivity index (χ0v) is 30.6. The quantitative estimate of drug-likeness (QED) is 0.153. The van der Waals surface area contributed by atoms with Crippen LogP contribution in [0.15, 0.2) is 191 Å². The zero-order chi connectivity index (χ0) is 35.3. The van der Waals surface area contributed by atoms with Gasteiger partial charge in [-0.2, -0.15) is 0 Å². The Morgan fingerprint density at radius 3 is 1.47 bits per heavy atom. The summed E-state index contributed by atoms with van der Waals surface area (Å²) in [4.78, 5) is 3.61. The highest BCUT2D eigenvalue weighted by atomic mass is 32.2. The van der Waals surface area contributed by atoms with Crippen LogP contribution >= 0.6 is 23.1 Å². The van der Waals surface area contributed by atoms with Crippen LogP contribution in [0, 0.1) is 0 Å². The van der Waals surface area contributed by atoms with E-state index in [1.165, 1.54) is 52.9 Å². The molecule has 252 valence electrons. The van der Waals surface area contributed by atoms with Crippen LogP contribution < -0.4 is 4.90 Å². The van der Waals surface area contributed by atoms with Crippen molar-refractivity contribution in [3.05, 3.63) is 182 Å². The fraction of sp³-hybridized carbons (Fsp3) is 0.0204. The van der Waals surface area contributed by atoms with Crippen LogP contribution in [0.5, 0.6) is 0 Å². The van der Waals surface area contributed by atoms with Crippen LogP contribution in [0.2, 0.25) is 0 Å². The molecule has 2 nitrogen and oxygen atoms in total. The molecule has 0 aliphatic carbocycles. The Kier molecular flexibility index (Phi) is 7.86. The van der Waals surface area contributed by atoms with Crippen LogP contribution in [0.1, 0.15) is 0 Å². The first kappa shape index (κ1) is 31.6. The maximum atomic E-state index is 6.10. The van der Waals surface area contributed by atoms with Crippen molar-refractivity contribution >= 4 is 82.3 Å². The monoisotopic (exact) mass is 715 g/mol. The highest BCUT2D eigenvalue weighted by Crippen LogP contribution is 2.40. The Morgan fingerprint density at radius 2 is 0.849 bits per heavy atom. The summed E-state index contributed by atoms with van der Waals surface area (Å²) in [5.74, 6) is 0. The molecule has 10 rings (SSSR count). The van der Waals surface area contributed by atoms with Crippen LogP contribution in [0.4, 0.5) is 17.1 Å². The number of para-hydroxylation sites is 1. The molecule has 0 N–H and O–H groups in total. The van der Waals surface area contributed by atoms with E-state index in [-0.39, 0.29) is 0 Å². The van der Waals surface area contributed by atoms with Crippen molar-refractivity contribution in [2.24, 2.45) is 0 Å². The molecule has 0 spiro atoms. The fourth-order valence-electron chi connectivity index (χ4n) is 7.45. The van der Waals surface area contributed by atoms with Gasteiger partial charge in [-0.25, -0.2) is 0 Å². The van der Waals surface area contributed by atoms with E-state index in [0.29, 0.717) is 0 Å². The van der Waals surface area contributed by atoms with Gasteiger partial charge in [0.15, 0.2) is 0 Å². The predicted octanol–water partition coefficient (Wildman–Crippen LogP) is 15.1. The van der Waals surface area contributed by atoms with Crippen LogP contribution in [0.3, 0.4) is 0 Å². The molecule has 0 aliphatic rings. The summed E-state index contributed by atoms with van der Waals surface area (Å²) in [5.41, 5.74) is 12.3. The lowest BCUT2D eigenvalue weighted by Crippen LogP contribution is -2.09. The molecule has 0 saturated heterocycles. The molecule has 2 heterocycles. The van der Waals surface area contributed by atoms with Crippen LogP contribution in [-0.2, 0) is 0 Å². The summed E-state index contributed by atoms with van der Waals surface area (Å²) < 4.78 is 8.75. The average Bonchev–Trinajstić information content (AvgIpc) is 3.79. The van der Waals surface area contributed by atoms with Crippen molar-refractivity contribution in [2.75, 3.05) is 11.2 Å². The van der Waals surface area contributed by atoms with Crippen LogP contribution in [0.25, 0.3) is 75.5 Å². The molecule has 0 amide bonds. The largest absolute Gasteiger partial charge is 0.456 e. The number of rotatable bonds is 7. The number of nitrogens with zero attached hydrogens (tertiary/aromatic N) is 1. The first-order valence-corrected chi connectivity index (χ1v) is 19.8. The van der Waals surface area contributed by atoms with E-state index in [1.807, 2.05) is 23.5 Å². The van der Waals surface area contributed by atoms with Gasteiger partial charge in [0, 0.05) is 52.9 Å². The van der Waals surface area contributed by atoms with Gasteiger partial charge in [-0.15, -0.1) is 23.1 Å². The van der Waals surface area contributed by atoms with E-state index in [4.69, 9.17) is 4.42 Å². The first-order valence-electron chi connectivity index (χ1n) is 17.8. The van der Waals surface area contributed by atoms with Crippen molar-refractivity contribution in [3.63, 3.8) is 0 Å². The van der Waals surface area contributed by atoms with Crippen molar-refractivity contribution in [3.8, 4) is 33.4 Å². The third-order valence-electron chi connectivity index (χ3n) is 10.2. The maximum Gasteiger partial charge on any atom is 0.135 e. The molecule has 53 heavy (non-hydrogen) atoms. The topological polar surface area (TPSA) is 16.4 Å². The van der Waals surface area contributed by atoms with E-state index >= 15 is 0 Å². The molecular weight excluding hydrogens is 683 g/mol. The summed E-state index contributed by atoms with van der Waals surface area (Å²) in [6.45, 7) is 0. The van der Waals surface area contributed by atoms with Crippen molar-refractivity contribution in [1.82, 2.24) is 0 Å². The van der Waals surface area contributed by atoms with E-state index in [2.05, 4.69) is 181 Å². The number of fused-ring (bicyclic) bond motifs is 6. The first-order chi connectivity index (χ1) is 26.2. The van der Waals surface area contributed by atoms with Gasteiger partial charge in [0.1, 0.15) is 11.2 Å². The molecule has 0 bridgehead atoms. The number of hydrogen-bond donors (Lipinski definition) is 0. The minimum atomic E-state index is 0.911. The number of thiophene rings is 1. The Hall–Kier alpha value is -6.07. The number of thioether (sulfide) groups is 1. The second-order valence-corrected chi connectivity index (χ2v) is 15.3. The van der Waals surface area contributed by atoms with E-state index in [9.17, 15) is 0 Å². The lowest BCUT2D eigenvalue weighted by atomic mass is 10.0. The Balaban J connectivity index is 1.02. The molecule has 0 unspecified atom stereocenters. The van der Waals surface area contributed by atoms with Gasteiger partial charge in [-0.3, -0.25) is 0 Å². The van der Waals surface area contributed by atoms with Gasteiger partial charge in [-0.05, 0) is 125 Å². The number of anilines is 3. The molecule has 0 saturated carbocycles. The summed E-state index contributed by atoms with van der Waals surface area (Å²) in [5, 5.41) is 4.92. The second kappa shape index (κ2) is 13.2. The molecular formula is C49H33NOS2. The maximum absolute atomic E-state index is 6.10. The Morgan fingerprint density at radius 1 is 0.396 bits per heavy atom. The van der Waals surface area contributed by atoms with Gasteiger partial charge in [0.25, 0.3) is 0 Å². The number of furan rings is 1. The summed E-state index contributed by atoms with van der Waals surface area (Å²) in [6, 6.07) is 65.8. The summed E-state index contributed by atoms with van der Waals surface area (Å²) in [7, 11) is 0. The summed E-state index contributed by atoms with van der Waals surface area (Å²) in [6.07, 6.45) is 2.11. The highest BCUT2D eigenvalue weighted by Gasteiger charge is 2.15. The molecule has 0 atom stereocenters. The van der Waals surface area contributed by atoms with Crippen molar-refractivity contribution in [1.29, 1.82) is 0 Å².